The molecule has 0 aliphatic heterocycles. The maximum atomic E-state index is 14.0. The summed E-state index contributed by atoms with van der Waals surface area (Å²) in [5.41, 5.74) is 1.89. The van der Waals surface area contributed by atoms with Crippen molar-refractivity contribution >= 4 is 50.7 Å². The predicted molar refractivity (Wildman–Crippen MR) is 157 cm³/mol. The number of nitrogens with one attached hydrogen (secondary N) is 1. The Morgan fingerprint density at radius 3 is 2.21 bits per heavy atom. The first-order valence-corrected chi connectivity index (χ1v) is 14.8. The molecule has 3 aromatic rings. The van der Waals surface area contributed by atoms with Gasteiger partial charge in [-0.05, 0) is 68.7 Å². The second-order valence-electron chi connectivity index (χ2n) is 9.36. The molecule has 3 rings (SSSR count). The zero-order chi connectivity index (χ0) is 28.7. The Balaban J connectivity index is 2.06. The highest BCUT2D eigenvalue weighted by atomic mass is 35.5. The van der Waals surface area contributed by atoms with Crippen molar-refractivity contribution in [3.8, 4) is 0 Å². The molecule has 0 spiro atoms. The SMILES string of the molecule is CC[C@@H](C)NC(=O)[C@H](C)N(Cc1ccccc1C)C(=O)CN(c1ccc(Cl)cc1Cl)S(=O)(=O)c1ccccc1. The Morgan fingerprint density at radius 2 is 1.59 bits per heavy atom. The molecule has 1 N–H and O–H groups in total. The third-order valence-electron chi connectivity index (χ3n) is 6.56. The lowest BCUT2D eigenvalue weighted by Crippen LogP contribution is -2.52. The van der Waals surface area contributed by atoms with Crippen molar-refractivity contribution in [2.24, 2.45) is 0 Å². The van der Waals surface area contributed by atoms with E-state index in [2.05, 4.69) is 5.32 Å². The molecule has 0 fully saturated rings. The summed E-state index contributed by atoms with van der Waals surface area (Å²) in [6.07, 6.45) is 0.725. The van der Waals surface area contributed by atoms with E-state index in [0.717, 1.165) is 21.9 Å². The molecule has 0 bridgehead atoms. The van der Waals surface area contributed by atoms with E-state index in [-0.39, 0.29) is 34.1 Å². The number of hydrogen-bond donors (Lipinski definition) is 1. The Kier molecular flexibility index (Phi) is 10.4. The first-order valence-electron chi connectivity index (χ1n) is 12.6. The van der Waals surface area contributed by atoms with Gasteiger partial charge in [0, 0.05) is 17.6 Å². The average Bonchev–Trinajstić information content (AvgIpc) is 2.91. The van der Waals surface area contributed by atoms with Gasteiger partial charge >= 0.3 is 0 Å². The molecular weight excluding hydrogens is 557 g/mol. The van der Waals surface area contributed by atoms with E-state index < -0.39 is 28.5 Å². The molecule has 2 atom stereocenters. The lowest BCUT2D eigenvalue weighted by molar-refractivity contribution is -0.139. The number of rotatable bonds is 11. The number of amides is 2. The topological polar surface area (TPSA) is 86.8 Å². The van der Waals surface area contributed by atoms with Gasteiger partial charge in [0.25, 0.3) is 10.0 Å². The number of nitrogens with zero attached hydrogens (tertiary/aromatic N) is 2. The van der Waals surface area contributed by atoms with Gasteiger partial charge in [0.1, 0.15) is 12.6 Å². The molecule has 208 valence electrons. The van der Waals surface area contributed by atoms with E-state index in [4.69, 9.17) is 23.2 Å². The largest absolute Gasteiger partial charge is 0.352 e. The average molecular weight is 591 g/mol. The predicted octanol–water partition coefficient (Wildman–Crippen LogP) is 5.83. The van der Waals surface area contributed by atoms with Crippen molar-refractivity contribution in [3.63, 3.8) is 0 Å². The molecule has 0 heterocycles. The lowest BCUT2D eigenvalue weighted by atomic mass is 10.1. The summed E-state index contributed by atoms with van der Waals surface area (Å²) in [5.74, 6) is -0.885. The van der Waals surface area contributed by atoms with E-state index in [1.165, 1.54) is 35.2 Å². The van der Waals surface area contributed by atoms with Gasteiger partial charge in [0.05, 0.1) is 15.6 Å². The Bertz CT molecular complexity index is 1420. The molecule has 0 aliphatic carbocycles. The number of hydrogen-bond acceptors (Lipinski definition) is 4. The van der Waals surface area contributed by atoms with Crippen LogP contribution in [0.5, 0.6) is 0 Å². The van der Waals surface area contributed by atoms with Crippen LogP contribution in [0.25, 0.3) is 0 Å². The number of carbonyl (C=O) groups excluding carboxylic acids is 2. The van der Waals surface area contributed by atoms with E-state index in [1.54, 1.807) is 25.1 Å². The Morgan fingerprint density at radius 1 is 0.949 bits per heavy atom. The van der Waals surface area contributed by atoms with Crippen LogP contribution in [0.3, 0.4) is 0 Å². The van der Waals surface area contributed by atoms with Crippen molar-refractivity contribution in [1.29, 1.82) is 0 Å². The molecule has 39 heavy (non-hydrogen) atoms. The highest BCUT2D eigenvalue weighted by Gasteiger charge is 2.33. The van der Waals surface area contributed by atoms with Gasteiger partial charge in [-0.2, -0.15) is 0 Å². The summed E-state index contributed by atoms with van der Waals surface area (Å²) in [6, 6.07) is 18.8. The van der Waals surface area contributed by atoms with Crippen molar-refractivity contribution < 1.29 is 18.0 Å². The van der Waals surface area contributed by atoms with Gasteiger partial charge in [0.15, 0.2) is 0 Å². The molecule has 7 nitrogen and oxygen atoms in total. The standard InChI is InChI=1S/C29H33Cl2N3O4S/c1-5-21(3)32-29(36)22(4)33(18-23-12-10-9-11-20(23)2)28(35)19-34(27-16-15-24(30)17-26(27)31)39(37,38)25-13-7-6-8-14-25/h6-17,21-22H,5,18-19H2,1-4H3,(H,32,36)/t21-,22+/m1/s1. The smallest absolute Gasteiger partial charge is 0.264 e. The lowest BCUT2D eigenvalue weighted by Gasteiger charge is -2.33. The van der Waals surface area contributed by atoms with E-state index in [9.17, 15) is 18.0 Å². The number of carbonyl (C=O) groups is 2. The van der Waals surface area contributed by atoms with Gasteiger partial charge in [-0.15, -0.1) is 0 Å². The Hall–Kier alpha value is -3.07. The number of anilines is 1. The molecule has 0 aromatic heterocycles. The summed E-state index contributed by atoms with van der Waals surface area (Å²) in [7, 11) is -4.21. The molecular formula is C29H33Cl2N3O4S. The molecule has 3 aromatic carbocycles. The van der Waals surface area contributed by atoms with Crippen LogP contribution < -0.4 is 9.62 Å². The van der Waals surface area contributed by atoms with Gasteiger partial charge < -0.3 is 10.2 Å². The first kappa shape index (κ1) is 30.5. The van der Waals surface area contributed by atoms with Gasteiger partial charge in [-0.3, -0.25) is 13.9 Å². The molecule has 2 amide bonds. The fraction of sp³-hybridized carbons (Fsp3) is 0.310. The first-order chi connectivity index (χ1) is 18.4. The zero-order valence-electron chi connectivity index (χ0n) is 22.4. The van der Waals surface area contributed by atoms with Crippen LogP contribution in [0.1, 0.15) is 38.3 Å². The summed E-state index contributed by atoms with van der Waals surface area (Å²) >= 11 is 12.5. The van der Waals surface area contributed by atoms with Crippen LogP contribution in [0.15, 0.2) is 77.7 Å². The number of benzene rings is 3. The van der Waals surface area contributed by atoms with E-state index in [1.807, 2.05) is 45.0 Å². The second-order valence-corrected chi connectivity index (χ2v) is 12.1. The van der Waals surface area contributed by atoms with Crippen LogP contribution in [0.2, 0.25) is 10.0 Å². The maximum Gasteiger partial charge on any atom is 0.264 e. The van der Waals surface area contributed by atoms with E-state index in [0.29, 0.717) is 5.02 Å². The highest BCUT2D eigenvalue weighted by Crippen LogP contribution is 2.33. The fourth-order valence-electron chi connectivity index (χ4n) is 3.94. The van der Waals surface area contributed by atoms with Crippen LogP contribution in [0, 0.1) is 6.92 Å². The van der Waals surface area contributed by atoms with Crippen LogP contribution in [-0.2, 0) is 26.2 Å². The van der Waals surface area contributed by atoms with Crippen molar-refractivity contribution in [1.82, 2.24) is 10.2 Å². The minimum Gasteiger partial charge on any atom is -0.352 e. The quantitative estimate of drug-likeness (QED) is 0.305. The minimum atomic E-state index is -4.21. The highest BCUT2D eigenvalue weighted by molar-refractivity contribution is 7.92. The summed E-state index contributed by atoms with van der Waals surface area (Å²) < 4.78 is 28.6. The number of halogens is 2. The minimum absolute atomic E-state index is 0.00293. The third kappa shape index (κ3) is 7.53. The molecule has 0 aliphatic rings. The molecule has 0 saturated heterocycles. The van der Waals surface area contributed by atoms with Gasteiger partial charge in [-0.1, -0.05) is 72.6 Å². The second kappa shape index (κ2) is 13.3. The maximum absolute atomic E-state index is 14.0. The molecule has 0 unspecified atom stereocenters. The normalized spacial score (nSPS) is 12.9. The molecule has 0 radical (unpaired) electrons. The van der Waals surface area contributed by atoms with Crippen molar-refractivity contribution in [2.75, 3.05) is 10.8 Å². The monoisotopic (exact) mass is 589 g/mol. The zero-order valence-corrected chi connectivity index (χ0v) is 24.7. The molecule has 10 heteroatoms. The van der Waals surface area contributed by atoms with Crippen LogP contribution in [-0.4, -0.2) is 43.8 Å². The fourth-order valence-corrected chi connectivity index (χ4v) is 5.95. The summed E-state index contributed by atoms with van der Waals surface area (Å²) in [6.45, 7) is 6.93. The molecule has 0 saturated carbocycles. The van der Waals surface area contributed by atoms with E-state index >= 15 is 0 Å². The number of sulfonamides is 1. The van der Waals surface area contributed by atoms with Crippen molar-refractivity contribution in [3.05, 3.63) is 94.0 Å². The van der Waals surface area contributed by atoms with Crippen LogP contribution in [0.4, 0.5) is 5.69 Å². The number of aryl methyl sites for hydroxylation is 1. The summed E-state index contributed by atoms with van der Waals surface area (Å²) in [5, 5.41) is 3.32. The third-order valence-corrected chi connectivity index (χ3v) is 8.87. The van der Waals surface area contributed by atoms with Crippen molar-refractivity contribution in [2.45, 2.75) is 57.6 Å². The van der Waals surface area contributed by atoms with Crippen LogP contribution >= 0.6 is 23.2 Å². The summed E-state index contributed by atoms with van der Waals surface area (Å²) in [4.78, 5) is 28.5. The Labute approximate surface area is 240 Å². The van der Waals surface area contributed by atoms with Gasteiger partial charge in [-0.25, -0.2) is 8.42 Å². The van der Waals surface area contributed by atoms with Gasteiger partial charge in [0.2, 0.25) is 11.8 Å².